The first-order valence-electron chi connectivity index (χ1n) is 5.92. The molecule has 92 valence electrons. The molecule has 0 aromatic heterocycles. The summed E-state index contributed by atoms with van der Waals surface area (Å²) in [5, 5.41) is 0. The van der Waals surface area contributed by atoms with Crippen molar-refractivity contribution in [1.29, 1.82) is 0 Å². The molecule has 0 spiro atoms. The Morgan fingerprint density at radius 2 is 1.06 bits per heavy atom. The van der Waals surface area contributed by atoms with Gasteiger partial charge in [-0.25, -0.2) is 0 Å². The molecule has 1 aliphatic rings. The largest absolute Gasteiger partial charge is 0.545 e. The van der Waals surface area contributed by atoms with E-state index in [2.05, 4.69) is 51.4 Å². The third-order valence-electron chi connectivity index (χ3n) is 1.94. The van der Waals surface area contributed by atoms with Crippen LogP contribution in [0.25, 0.3) is 0 Å². The molecule has 16 heavy (non-hydrogen) atoms. The van der Waals surface area contributed by atoms with Gasteiger partial charge < -0.3 is 8.85 Å². The van der Waals surface area contributed by atoms with Gasteiger partial charge in [-0.15, -0.1) is 0 Å². The molecule has 0 radical (unpaired) electrons. The molecule has 0 bridgehead atoms. The molecule has 0 saturated carbocycles. The number of hydrogen-bond acceptors (Lipinski definition) is 2. The van der Waals surface area contributed by atoms with Gasteiger partial charge in [-0.2, -0.15) is 0 Å². The molecule has 0 N–H and O–H groups in total. The normalized spacial score (nSPS) is 17.6. The molecule has 1 rings (SSSR count). The minimum atomic E-state index is -1.52. The zero-order valence-electron chi connectivity index (χ0n) is 11.4. The maximum absolute atomic E-state index is 6.10. The lowest BCUT2D eigenvalue weighted by molar-refractivity contribution is 0.324. The molecule has 0 heterocycles. The highest BCUT2D eigenvalue weighted by atomic mass is 28.4. The van der Waals surface area contributed by atoms with Crippen LogP contribution in [0.2, 0.25) is 39.3 Å². The van der Waals surface area contributed by atoms with E-state index in [0.29, 0.717) is 0 Å². The molecule has 0 atom stereocenters. The van der Waals surface area contributed by atoms with Crippen molar-refractivity contribution < 1.29 is 8.85 Å². The fourth-order valence-electron chi connectivity index (χ4n) is 1.54. The molecule has 4 heteroatoms. The Balaban J connectivity index is 2.80. The van der Waals surface area contributed by atoms with Gasteiger partial charge in [-0.1, -0.05) is 12.2 Å². The summed E-state index contributed by atoms with van der Waals surface area (Å²) in [6, 6.07) is 0. The minimum Gasteiger partial charge on any atom is -0.545 e. The Hall–Kier alpha value is -0.486. The van der Waals surface area contributed by atoms with E-state index in [1.54, 1.807) is 0 Å². The highest BCUT2D eigenvalue weighted by Gasteiger charge is 2.24. The summed E-state index contributed by atoms with van der Waals surface area (Å²) in [5.41, 5.74) is 0. The summed E-state index contributed by atoms with van der Waals surface area (Å²) >= 11 is 0. The Labute approximate surface area is 102 Å². The van der Waals surface area contributed by atoms with Crippen molar-refractivity contribution >= 4 is 16.6 Å². The van der Waals surface area contributed by atoms with Gasteiger partial charge in [0.1, 0.15) is 11.5 Å². The van der Waals surface area contributed by atoms with Crippen molar-refractivity contribution in [2.75, 3.05) is 0 Å². The van der Waals surface area contributed by atoms with E-state index in [1.807, 2.05) is 0 Å². The van der Waals surface area contributed by atoms with E-state index in [0.717, 1.165) is 24.4 Å². The highest BCUT2D eigenvalue weighted by molar-refractivity contribution is 6.70. The first kappa shape index (κ1) is 13.6. The Bertz CT molecular complexity index is 276. The Kier molecular flexibility index (Phi) is 4.07. The average molecular weight is 256 g/mol. The van der Waals surface area contributed by atoms with E-state index in [-0.39, 0.29) is 0 Å². The van der Waals surface area contributed by atoms with Crippen molar-refractivity contribution in [3.63, 3.8) is 0 Å². The van der Waals surface area contributed by atoms with Crippen LogP contribution >= 0.6 is 0 Å². The first-order chi connectivity index (χ1) is 7.17. The van der Waals surface area contributed by atoms with Gasteiger partial charge in [0.05, 0.1) is 0 Å². The fourth-order valence-corrected chi connectivity index (χ4v) is 3.42. The van der Waals surface area contributed by atoms with Crippen LogP contribution in [0.15, 0.2) is 23.7 Å². The van der Waals surface area contributed by atoms with Crippen molar-refractivity contribution in [2.24, 2.45) is 0 Å². The molecule has 0 unspecified atom stereocenters. The molecule has 1 aliphatic carbocycles. The summed E-state index contributed by atoms with van der Waals surface area (Å²) in [6.45, 7) is 13.3. The zero-order chi connectivity index (χ0) is 12.4. The monoisotopic (exact) mass is 256 g/mol. The van der Waals surface area contributed by atoms with E-state index in [4.69, 9.17) is 8.85 Å². The molecule has 0 saturated heterocycles. The lowest BCUT2D eigenvalue weighted by Gasteiger charge is -2.29. The predicted octanol–water partition coefficient (Wildman–Crippen LogP) is 4.25. The molecule has 0 aliphatic heterocycles. The summed E-state index contributed by atoms with van der Waals surface area (Å²) < 4.78 is 12.2. The van der Waals surface area contributed by atoms with E-state index < -0.39 is 16.6 Å². The quantitative estimate of drug-likeness (QED) is 0.553. The summed E-state index contributed by atoms with van der Waals surface area (Å²) in [6.07, 6.45) is 6.13. The predicted molar refractivity (Wildman–Crippen MR) is 74.3 cm³/mol. The number of hydrogen-bond donors (Lipinski definition) is 0. The van der Waals surface area contributed by atoms with Gasteiger partial charge in [0, 0.05) is 12.8 Å². The van der Waals surface area contributed by atoms with Crippen LogP contribution < -0.4 is 0 Å². The topological polar surface area (TPSA) is 18.5 Å². The van der Waals surface area contributed by atoms with Gasteiger partial charge >= 0.3 is 0 Å². The second kappa shape index (κ2) is 4.79. The van der Waals surface area contributed by atoms with Crippen LogP contribution in [-0.4, -0.2) is 16.6 Å². The van der Waals surface area contributed by atoms with Gasteiger partial charge in [0.2, 0.25) is 16.6 Å². The highest BCUT2D eigenvalue weighted by Crippen LogP contribution is 2.27. The molecule has 2 nitrogen and oxygen atoms in total. The summed E-state index contributed by atoms with van der Waals surface area (Å²) in [7, 11) is -3.04. The third-order valence-corrected chi connectivity index (χ3v) is 3.66. The summed E-state index contributed by atoms with van der Waals surface area (Å²) in [4.78, 5) is 0. The SMILES string of the molecule is C[Si](C)(C)OC1=C(O[Si](C)(C)C)CC=CC1. The minimum absolute atomic E-state index is 0.893. The second-order valence-corrected chi connectivity index (χ2v) is 15.0. The lowest BCUT2D eigenvalue weighted by Crippen LogP contribution is -2.29. The Morgan fingerprint density at radius 3 is 1.31 bits per heavy atom. The van der Waals surface area contributed by atoms with Gasteiger partial charge in [-0.3, -0.25) is 0 Å². The molecule has 0 fully saturated rings. The molecular formula is C12H24O2Si2. The second-order valence-electron chi connectivity index (χ2n) is 6.15. The van der Waals surface area contributed by atoms with Crippen molar-refractivity contribution in [3.8, 4) is 0 Å². The van der Waals surface area contributed by atoms with Crippen LogP contribution in [0.1, 0.15) is 12.8 Å². The van der Waals surface area contributed by atoms with Crippen LogP contribution in [0.3, 0.4) is 0 Å². The van der Waals surface area contributed by atoms with Gasteiger partial charge in [0.25, 0.3) is 0 Å². The van der Waals surface area contributed by atoms with Crippen molar-refractivity contribution in [3.05, 3.63) is 23.7 Å². The fraction of sp³-hybridized carbons (Fsp3) is 0.667. The summed E-state index contributed by atoms with van der Waals surface area (Å²) in [5.74, 6) is 2.15. The van der Waals surface area contributed by atoms with E-state index in [9.17, 15) is 0 Å². The van der Waals surface area contributed by atoms with E-state index >= 15 is 0 Å². The molecule has 0 aromatic rings. The molecule has 0 amide bonds. The van der Waals surface area contributed by atoms with Crippen LogP contribution in [0, 0.1) is 0 Å². The van der Waals surface area contributed by atoms with E-state index in [1.165, 1.54) is 0 Å². The molecule has 0 aromatic carbocycles. The first-order valence-corrected chi connectivity index (χ1v) is 12.7. The third kappa shape index (κ3) is 5.03. The van der Waals surface area contributed by atoms with Crippen LogP contribution in [0.5, 0.6) is 0 Å². The smallest absolute Gasteiger partial charge is 0.241 e. The van der Waals surface area contributed by atoms with Crippen molar-refractivity contribution in [2.45, 2.75) is 52.1 Å². The maximum atomic E-state index is 6.10. The van der Waals surface area contributed by atoms with Gasteiger partial charge in [-0.05, 0) is 39.3 Å². The van der Waals surface area contributed by atoms with Crippen LogP contribution in [0.4, 0.5) is 0 Å². The maximum Gasteiger partial charge on any atom is 0.241 e. The van der Waals surface area contributed by atoms with Crippen LogP contribution in [-0.2, 0) is 8.85 Å². The lowest BCUT2D eigenvalue weighted by atomic mass is 10.1. The zero-order valence-corrected chi connectivity index (χ0v) is 13.4. The molecular weight excluding hydrogens is 232 g/mol. The standard InChI is InChI=1S/C12H24O2Si2/c1-15(2,3)13-11-9-7-8-10-12(11)14-16(4,5)6/h7-8H,9-10H2,1-6H3. The number of rotatable bonds is 4. The van der Waals surface area contributed by atoms with Gasteiger partial charge in [0.15, 0.2) is 0 Å². The average Bonchev–Trinajstić information content (AvgIpc) is 2.03. The van der Waals surface area contributed by atoms with Crippen molar-refractivity contribution in [1.82, 2.24) is 0 Å². The Morgan fingerprint density at radius 1 is 0.750 bits per heavy atom. The number of allylic oxidation sites excluding steroid dienone is 2.